The van der Waals surface area contributed by atoms with Gasteiger partial charge < -0.3 is 14.8 Å². The molecule has 0 aliphatic rings. The number of halogens is 2. The van der Waals surface area contributed by atoms with Crippen LogP contribution in [0.3, 0.4) is 0 Å². The smallest absolute Gasteiger partial charge is 0.336 e. The van der Waals surface area contributed by atoms with E-state index in [9.17, 15) is 19.5 Å². The quantitative estimate of drug-likeness (QED) is 0.265. The number of carbonyl (C=O) groups is 3. The average Bonchev–Trinajstić information content (AvgIpc) is 3.27. The van der Waals surface area contributed by atoms with E-state index in [0.29, 0.717) is 28.5 Å². The van der Waals surface area contributed by atoms with Crippen LogP contribution in [0.2, 0.25) is 10.0 Å². The Labute approximate surface area is 211 Å². The van der Waals surface area contributed by atoms with Crippen LogP contribution in [0.15, 0.2) is 64.1 Å². The van der Waals surface area contributed by atoms with E-state index < -0.39 is 23.8 Å². The molecule has 1 atom stereocenters. The van der Waals surface area contributed by atoms with Crippen LogP contribution in [-0.2, 0) is 4.79 Å². The number of benzene rings is 2. The highest BCUT2D eigenvalue weighted by Crippen LogP contribution is 2.25. The molecule has 8 nitrogen and oxygen atoms in total. The van der Waals surface area contributed by atoms with E-state index in [1.54, 1.807) is 30.3 Å². The van der Waals surface area contributed by atoms with Gasteiger partial charge in [-0.15, -0.1) is 0 Å². The number of hydrogen-bond donors (Lipinski definition) is 3. The van der Waals surface area contributed by atoms with Crippen molar-refractivity contribution in [3.63, 3.8) is 0 Å². The molecule has 0 saturated carbocycles. The summed E-state index contributed by atoms with van der Waals surface area (Å²) in [6, 6.07) is 13.3. The fourth-order valence-corrected chi connectivity index (χ4v) is 3.80. The summed E-state index contributed by atoms with van der Waals surface area (Å²) in [4.78, 5) is 36.8. The monoisotopic (exact) mass is 515 g/mol. The van der Waals surface area contributed by atoms with E-state index in [4.69, 9.17) is 27.6 Å². The summed E-state index contributed by atoms with van der Waals surface area (Å²) >= 11 is 12.0. The van der Waals surface area contributed by atoms with Crippen molar-refractivity contribution in [1.82, 2.24) is 10.7 Å². The number of hydrazone groups is 1. The Kier molecular flexibility index (Phi) is 8.68. The summed E-state index contributed by atoms with van der Waals surface area (Å²) in [6.07, 6.45) is 1.66. The summed E-state index contributed by atoms with van der Waals surface area (Å²) in [6.45, 7) is 3.84. The van der Waals surface area contributed by atoms with Crippen LogP contribution in [0.4, 0.5) is 0 Å². The van der Waals surface area contributed by atoms with Gasteiger partial charge in [-0.25, -0.2) is 10.2 Å². The van der Waals surface area contributed by atoms with Gasteiger partial charge in [0.15, 0.2) is 0 Å². The molecule has 3 N–H and O–H groups in total. The van der Waals surface area contributed by atoms with Gasteiger partial charge in [-0.1, -0.05) is 55.2 Å². The zero-order valence-electron chi connectivity index (χ0n) is 18.9. The first-order valence-electron chi connectivity index (χ1n) is 10.7. The molecule has 0 saturated heterocycles. The highest BCUT2D eigenvalue weighted by Gasteiger charge is 2.23. The second-order valence-corrected chi connectivity index (χ2v) is 8.91. The number of nitrogens with one attached hydrogen (secondary N) is 2. The molecule has 0 fully saturated rings. The summed E-state index contributed by atoms with van der Waals surface area (Å²) in [5.74, 6) is -1.34. The van der Waals surface area contributed by atoms with Crippen LogP contribution in [0.1, 0.15) is 46.7 Å². The number of rotatable bonds is 9. The molecular formula is C25H23Cl2N3O5. The molecule has 0 aliphatic heterocycles. The van der Waals surface area contributed by atoms with Crippen molar-refractivity contribution >= 4 is 47.2 Å². The molecule has 0 aliphatic carbocycles. The fraction of sp³-hybridized carbons (Fsp3) is 0.200. The lowest BCUT2D eigenvalue weighted by Crippen LogP contribution is -2.46. The topological polar surface area (TPSA) is 121 Å². The van der Waals surface area contributed by atoms with Crippen molar-refractivity contribution in [3.8, 4) is 11.3 Å². The maximum Gasteiger partial charge on any atom is 0.336 e. The van der Waals surface area contributed by atoms with E-state index in [2.05, 4.69) is 15.8 Å². The van der Waals surface area contributed by atoms with Crippen molar-refractivity contribution < 1.29 is 23.9 Å². The minimum atomic E-state index is -1.07. The molecule has 0 radical (unpaired) electrons. The van der Waals surface area contributed by atoms with Gasteiger partial charge in [0, 0.05) is 10.6 Å². The van der Waals surface area contributed by atoms with Crippen molar-refractivity contribution in [1.29, 1.82) is 0 Å². The first kappa shape index (κ1) is 26.0. The number of hydrogen-bond acceptors (Lipinski definition) is 5. The summed E-state index contributed by atoms with van der Waals surface area (Å²) in [7, 11) is 0. The average molecular weight is 516 g/mol. The van der Waals surface area contributed by atoms with Crippen molar-refractivity contribution in [2.24, 2.45) is 11.0 Å². The van der Waals surface area contributed by atoms with E-state index >= 15 is 0 Å². The Morgan fingerprint density at radius 1 is 1.06 bits per heavy atom. The van der Waals surface area contributed by atoms with Gasteiger partial charge in [-0.3, -0.25) is 9.59 Å². The minimum absolute atomic E-state index is 0.103. The molecule has 35 heavy (non-hydrogen) atoms. The Balaban J connectivity index is 1.68. The van der Waals surface area contributed by atoms with Crippen LogP contribution in [0.25, 0.3) is 11.3 Å². The Morgan fingerprint density at radius 2 is 1.80 bits per heavy atom. The third kappa shape index (κ3) is 6.94. The second kappa shape index (κ2) is 11.7. The number of carbonyl (C=O) groups excluding carboxylic acids is 2. The summed E-state index contributed by atoms with van der Waals surface area (Å²) < 4.78 is 5.65. The molecule has 0 spiro atoms. The highest BCUT2D eigenvalue weighted by molar-refractivity contribution is 6.36. The molecule has 10 heteroatoms. The summed E-state index contributed by atoms with van der Waals surface area (Å²) in [5, 5.41) is 16.5. The van der Waals surface area contributed by atoms with Gasteiger partial charge in [-0.2, -0.15) is 5.10 Å². The van der Waals surface area contributed by atoms with E-state index in [-0.39, 0.29) is 22.1 Å². The van der Waals surface area contributed by atoms with E-state index in [1.165, 1.54) is 30.5 Å². The third-order valence-electron chi connectivity index (χ3n) is 4.92. The molecule has 3 aromatic rings. The lowest BCUT2D eigenvalue weighted by molar-refractivity contribution is -0.123. The van der Waals surface area contributed by atoms with Gasteiger partial charge >= 0.3 is 5.97 Å². The van der Waals surface area contributed by atoms with Crippen molar-refractivity contribution in [2.75, 3.05) is 0 Å². The van der Waals surface area contributed by atoms with Gasteiger partial charge in [0.2, 0.25) is 0 Å². The Hall–Kier alpha value is -3.62. The number of nitrogens with zero attached hydrogens (tertiary/aromatic N) is 1. The highest BCUT2D eigenvalue weighted by atomic mass is 35.5. The first-order chi connectivity index (χ1) is 16.7. The molecule has 1 heterocycles. The largest absolute Gasteiger partial charge is 0.478 e. The zero-order valence-corrected chi connectivity index (χ0v) is 20.4. The number of amides is 2. The van der Waals surface area contributed by atoms with Crippen molar-refractivity contribution in [3.05, 3.63) is 81.5 Å². The lowest BCUT2D eigenvalue weighted by atomic mass is 10.0. The van der Waals surface area contributed by atoms with E-state index in [0.717, 1.165) is 0 Å². The van der Waals surface area contributed by atoms with Gasteiger partial charge in [-0.05, 0) is 48.7 Å². The number of carboxylic acids is 1. The minimum Gasteiger partial charge on any atom is -0.478 e. The third-order valence-corrected chi connectivity index (χ3v) is 5.47. The molecule has 2 amide bonds. The molecule has 0 bridgehead atoms. The lowest BCUT2D eigenvalue weighted by Gasteiger charge is -2.19. The zero-order chi connectivity index (χ0) is 25.5. The first-order valence-corrected chi connectivity index (χ1v) is 11.4. The van der Waals surface area contributed by atoms with Gasteiger partial charge in [0.1, 0.15) is 17.6 Å². The maximum absolute atomic E-state index is 12.7. The van der Waals surface area contributed by atoms with Crippen LogP contribution >= 0.6 is 23.2 Å². The van der Waals surface area contributed by atoms with Crippen molar-refractivity contribution in [2.45, 2.75) is 26.3 Å². The molecule has 0 unspecified atom stereocenters. The fourth-order valence-electron chi connectivity index (χ4n) is 3.30. The summed E-state index contributed by atoms with van der Waals surface area (Å²) in [5.41, 5.74) is 3.13. The SMILES string of the molecule is CC(C)C[C@@H](NC(=O)c1ccc(Cl)cc1Cl)C(=O)N/N=C/c1ccc(-c2ccccc2C(=O)O)o1. The molecule has 1 aromatic heterocycles. The predicted molar refractivity (Wildman–Crippen MR) is 134 cm³/mol. The normalized spacial score (nSPS) is 12.0. The van der Waals surface area contributed by atoms with Crippen LogP contribution in [0, 0.1) is 5.92 Å². The Morgan fingerprint density at radius 3 is 2.49 bits per heavy atom. The maximum atomic E-state index is 12.7. The van der Waals surface area contributed by atoms with Crippen LogP contribution in [-0.4, -0.2) is 35.1 Å². The number of aromatic carboxylic acids is 1. The molecule has 182 valence electrons. The molecule has 3 rings (SSSR count). The number of carboxylic acid groups (broad SMARTS) is 1. The van der Waals surface area contributed by atoms with Gasteiger partial charge in [0.25, 0.3) is 11.8 Å². The van der Waals surface area contributed by atoms with Gasteiger partial charge in [0.05, 0.1) is 22.4 Å². The van der Waals surface area contributed by atoms with E-state index in [1.807, 2.05) is 13.8 Å². The Bertz CT molecular complexity index is 1270. The second-order valence-electron chi connectivity index (χ2n) is 8.07. The predicted octanol–water partition coefficient (Wildman–Crippen LogP) is 5.25. The number of furan rings is 1. The van der Waals surface area contributed by atoms with Crippen LogP contribution < -0.4 is 10.7 Å². The standard InChI is InChI=1S/C25H23Cl2N3O5/c1-14(2)11-21(29-23(31)19-9-7-15(26)12-20(19)27)24(32)30-28-13-16-8-10-22(35-16)17-5-3-4-6-18(17)25(33)34/h3-10,12-14,21H,11H2,1-2H3,(H,29,31)(H,30,32)(H,33,34)/b28-13+/t21-/m1/s1. The molecule has 2 aromatic carbocycles. The van der Waals surface area contributed by atoms with Crippen LogP contribution in [0.5, 0.6) is 0 Å². The molecular weight excluding hydrogens is 493 g/mol.